The molecule has 4 nitrogen and oxygen atoms in total. The number of aromatic nitrogens is 1. The molecule has 2 N–H and O–H groups in total. The molecule has 110 valence electrons. The zero-order valence-corrected chi connectivity index (χ0v) is 12.4. The quantitative estimate of drug-likeness (QED) is 0.885. The molecule has 1 aliphatic heterocycles. The van der Waals surface area contributed by atoms with Gasteiger partial charge in [0, 0.05) is 32.4 Å². The predicted octanol–water partition coefficient (Wildman–Crippen LogP) is 2.43. The van der Waals surface area contributed by atoms with Gasteiger partial charge in [-0.2, -0.15) is 0 Å². The van der Waals surface area contributed by atoms with Crippen molar-refractivity contribution in [3.8, 4) is 0 Å². The number of benzene rings is 1. The Labute approximate surface area is 125 Å². The Balaban J connectivity index is 1.64. The number of nitrogens with zero attached hydrogens (tertiary/aromatic N) is 1. The van der Waals surface area contributed by atoms with Crippen molar-refractivity contribution in [3.63, 3.8) is 0 Å². The van der Waals surface area contributed by atoms with E-state index >= 15 is 0 Å². The van der Waals surface area contributed by atoms with Crippen molar-refractivity contribution in [1.82, 2.24) is 15.2 Å². The lowest BCUT2D eigenvalue weighted by atomic mass is 10.1. The lowest BCUT2D eigenvalue weighted by Crippen LogP contribution is -2.25. The van der Waals surface area contributed by atoms with Gasteiger partial charge in [-0.1, -0.05) is 25.1 Å². The van der Waals surface area contributed by atoms with Gasteiger partial charge in [0.15, 0.2) is 0 Å². The number of carbonyl (C=O) groups is 1. The summed E-state index contributed by atoms with van der Waals surface area (Å²) in [6, 6.07) is 10.2. The number of nitrogens with one attached hydrogen (secondary N) is 2. The van der Waals surface area contributed by atoms with Crippen LogP contribution < -0.4 is 10.6 Å². The van der Waals surface area contributed by atoms with E-state index in [0.29, 0.717) is 6.54 Å². The van der Waals surface area contributed by atoms with Crippen LogP contribution in [0, 0.1) is 0 Å². The van der Waals surface area contributed by atoms with Gasteiger partial charge >= 0.3 is 0 Å². The van der Waals surface area contributed by atoms with E-state index in [4.69, 9.17) is 0 Å². The van der Waals surface area contributed by atoms with Gasteiger partial charge in [0.2, 0.25) is 0 Å². The third-order valence-corrected chi connectivity index (χ3v) is 3.88. The highest BCUT2D eigenvalue weighted by Gasteiger charge is 2.12. The maximum absolute atomic E-state index is 12.3. The number of carbonyl (C=O) groups excluding carboxylic acids is 1. The molecule has 1 aromatic heterocycles. The lowest BCUT2D eigenvalue weighted by Gasteiger charge is -2.09. The fraction of sp³-hybridized carbons (Fsp3) is 0.353. The van der Waals surface area contributed by atoms with Crippen LogP contribution in [0.3, 0.4) is 0 Å². The summed E-state index contributed by atoms with van der Waals surface area (Å²) in [5, 5.41) is 6.34. The van der Waals surface area contributed by atoms with Gasteiger partial charge in [-0.05, 0) is 35.2 Å². The average Bonchev–Trinajstić information content (AvgIpc) is 3.13. The van der Waals surface area contributed by atoms with Crippen molar-refractivity contribution < 1.29 is 4.79 Å². The van der Waals surface area contributed by atoms with Crippen LogP contribution in [-0.4, -0.2) is 10.5 Å². The first-order valence-corrected chi connectivity index (χ1v) is 7.52. The van der Waals surface area contributed by atoms with Gasteiger partial charge in [0.25, 0.3) is 5.91 Å². The average molecular weight is 283 g/mol. The van der Waals surface area contributed by atoms with E-state index in [1.54, 1.807) is 0 Å². The van der Waals surface area contributed by atoms with E-state index in [0.717, 1.165) is 37.3 Å². The van der Waals surface area contributed by atoms with Crippen LogP contribution in [0.5, 0.6) is 0 Å². The Kier molecular flexibility index (Phi) is 4.06. The molecule has 0 aliphatic carbocycles. The molecule has 0 spiro atoms. The number of aryl methyl sites for hydroxylation is 1. The van der Waals surface area contributed by atoms with Crippen LogP contribution in [0.4, 0.5) is 0 Å². The minimum Gasteiger partial charge on any atom is -0.347 e. The van der Waals surface area contributed by atoms with Crippen molar-refractivity contribution in [3.05, 3.63) is 58.9 Å². The Bertz CT molecular complexity index is 645. The van der Waals surface area contributed by atoms with Gasteiger partial charge in [-0.15, -0.1) is 0 Å². The molecule has 2 aromatic rings. The summed E-state index contributed by atoms with van der Waals surface area (Å²) in [5.41, 5.74) is 4.59. The van der Waals surface area contributed by atoms with Crippen molar-refractivity contribution in [1.29, 1.82) is 0 Å². The van der Waals surface area contributed by atoms with Gasteiger partial charge in [-0.3, -0.25) is 4.79 Å². The zero-order valence-electron chi connectivity index (χ0n) is 12.4. The molecule has 0 saturated heterocycles. The number of fused-ring (bicyclic) bond motifs is 1. The summed E-state index contributed by atoms with van der Waals surface area (Å²) in [5.74, 6) is -0.00734. The van der Waals surface area contributed by atoms with Crippen LogP contribution in [0.2, 0.25) is 0 Å². The number of hydrogen-bond acceptors (Lipinski definition) is 2. The van der Waals surface area contributed by atoms with Crippen LogP contribution in [0.25, 0.3) is 0 Å². The summed E-state index contributed by atoms with van der Waals surface area (Å²) in [6.45, 7) is 5.44. The van der Waals surface area contributed by atoms with E-state index in [9.17, 15) is 4.79 Å². The summed E-state index contributed by atoms with van der Waals surface area (Å²) in [6.07, 6.45) is 2.98. The molecule has 1 aromatic carbocycles. The third-order valence-electron chi connectivity index (χ3n) is 3.88. The minimum absolute atomic E-state index is 0.00734. The second kappa shape index (κ2) is 6.14. The third kappa shape index (κ3) is 3.00. The van der Waals surface area contributed by atoms with E-state index in [1.807, 2.05) is 22.9 Å². The molecule has 0 saturated carbocycles. The molecule has 0 fully saturated rings. The summed E-state index contributed by atoms with van der Waals surface area (Å²) < 4.78 is 2.00. The van der Waals surface area contributed by atoms with Crippen molar-refractivity contribution in [2.24, 2.45) is 0 Å². The summed E-state index contributed by atoms with van der Waals surface area (Å²) in [7, 11) is 0. The zero-order chi connectivity index (χ0) is 14.7. The Hall–Kier alpha value is -2.07. The van der Waals surface area contributed by atoms with Crippen molar-refractivity contribution in [2.75, 3.05) is 0 Å². The highest BCUT2D eigenvalue weighted by Crippen LogP contribution is 2.17. The molecule has 2 heterocycles. The predicted molar refractivity (Wildman–Crippen MR) is 82.9 cm³/mol. The molecule has 0 unspecified atom stereocenters. The monoisotopic (exact) mass is 283 g/mol. The normalized spacial score (nSPS) is 13.2. The summed E-state index contributed by atoms with van der Waals surface area (Å²) >= 11 is 0. The Morgan fingerprint density at radius 3 is 3.00 bits per heavy atom. The maximum Gasteiger partial charge on any atom is 0.268 e. The first-order valence-electron chi connectivity index (χ1n) is 7.52. The molecular weight excluding hydrogens is 262 g/mol. The van der Waals surface area contributed by atoms with Crippen LogP contribution >= 0.6 is 0 Å². The molecule has 3 rings (SSSR count). The molecule has 4 heteroatoms. The van der Waals surface area contributed by atoms with Gasteiger partial charge in [0.1, 0.15) is 5.69 Å². The molecule has 0 radical (unpaired) electrons. The fourth-order valence-corrected chi connectivity index (χ4v) is 2.79. The first kappa shape index (κ1) is 13.9. The van der Waals surface area contributed by atoms with Gasteiger partial charge in [0.05, 0.1) is 0 Å². The second-order valence-electron chi connectivity index (χ2n) is 5.48. The molecule has 0 atom stereocenters. The van der Waals surface area contributed by atoms with E-state index < -0.39 is 0 Å². The fourth-order valence-electron chi connectivity index (χ4n) is 2.79. The van der Waals surface area contributed by atoms with Crippen LogP contribution in [-0.2, 0) is 26.2 Å². The largest absolute Gasteiger partial charge is 0.347 e. The van der Waals surface area contributed by atoms with Crippen LogP contribution in [0.15, 0.2) is 36.5 Å². The molecule has 1 amide bonds. The van der Waals surface area contributed by atoms with Gasteiger partial charge < -0.3 is 15.2 Å². The minimum atomic E-state index is -0.00734. The Morgan fingerprint density at radius 1 is 1.29 bits per heavy atom. The molecule has 0 bridgehead atoms. The molecule has 21 heavy (non-hydrogen) atoms. The van der Waals surface area contributed by atoms with Crippen LogP contribution in [0.1, 0.15) is 40.5 Å². The SMILES string of the molecule is CCCn1cccc1C(=O)NCc1ccc2c(c1)CNC2. The molecule has 1 aliphatic rings. The van der Waals surface area contributed by atoms with Crippen molar-refractivity contribution >= 4 is 5.91 Å². The van der Waals surface area contributed by atoms with E-state index in [1.165, 1.54) is 11.1 Å². The second-order valence-corrected chi connectivity index (χ2v) is 5.48. The topological polar surface area (TPSA) is 46.1 Å². The Morgan fingerprint density at radius 2 is 2.14 bits per heavy atom. The van der Waals surface area contributed by atoms with Gasteiger partial charge in [-0.25, -0.2) is 0 Å². The highest BCUT2D eigenvalue weighted by atomic mass is 16.1. The highest BCUT2D eigenvalue weighted by molar-refractivity contribution is 5.92. The first-order chi connectivity index (χ1) is 10.3. The smallest absolute Gasteiger partial charge is 0.268 e. The van der Waals surface area contributed by atoms with Crippen molar-refractivity contribution in [2.45, 2.75) is 39.5 Å². The van der Waals surface area contributed by atoms with E-state index in [-0.39, 0.29) is 5.91 Å². The summed E-state index contributed by atoms with van der Waals surface area (Å²) in [4.78, 5) is 12.3. The number of hydrogen-bond donors (Lipinski definition) is 2. The number of amides is 1. The number of rotatable bonds is 5. The lowest BCUT2D eigenvalue weighted by molar-refractivity contribution is 0.0941. The molecular formula is C17H21N3O. The maximum atomic E-state index is 12.3. The standard InChI is InChI=1S/C17H21N3O/c1-2-7-20-8-3-4-16(20)17(21)19-10-13-5-6-14-11-18-12-15(14)9-13/h3-6,8-9,18H,2,7,10-12H2,1H3,(H,19,21). The van der Waals surface area contributed by atoms with E-state index in [2.05, 4.69) is 35.8 Å².